The highest BCUT2D eigenvalue weighted by Gasteiger charge is 2.06. The van der Waals surface area contributed by atoms with Gasteiger partial charge in [0.2, 0.25) is 0 Å². The van der Waals surface area contributed by atoms with E-state index in [-0.39, 0.29) is 5.97 Å². The molecule has 152 valence electrons. The molecule has 0 fully saturated rings. The van der Waals surface area contributed by atoms with E-state index in [1.807, 2.05) is 43.0 Å². The lowest BCUT2D eigenvalue weighted by atomic mass is 10.0. The Kier molecular flexibility index (Phi) is 10.8. The minimum atomic E-state index is -0.262. The molecule has 3 heteroatoms. The molecule has 2 rings (SSSR count). The zero-order chi connectivity index (χ0) is 20.0. The van der Waals surface area contributed by atoms with Crippen molar-refractivity contribution < 1.29 is 9.53 Å². The van der Waals surface area contributed by atoms with Gasteiger partial charge in [-0.3, -0.25) is 0 Å². The highest BCUT2D eigenvalue weighted by atomic mass is 32.2. The fourth-order valence-electron chi connectivity index (χ4n) is 3.18. The number of benzene rings is 2. The minimum Gasteiger partial charge on any atom is -0.462 e. The molecule has 0 bridgehead atoms. The molecule has 0 aliphatic rings. The lowest BCUT2D eigenvalue weighted by molar-refractivity contribution is 0.0526. The average Bonchev–Trinajstić information content (AvgIpc) is 2.73. The van der Waals surface area contributed by atoms with Gasteiger partial charge in [0.15, 0.2) is 0 Å². The van der Waals surface area contributed by atoms with E-state index in [1.165, 1.54) is 67.6 Å². The molecule has 0 amide bonds. The van der Waals surface area contributed by atoms with Gasteiger partial charge in [-0.1, -0.05) is 76.1 Å². The summed E-state index contributed by atoms with van der Waals surface area (Å²) in [5.74, 6) is 0.935. The summed E-state index contributed by atoms with van der Waals surface area (Å²) >= 11 is 1.95. The number of thioether (sulfide) groups is 1. The van der Waals surface area contributed by atoms with Crippen LogP contribution < -0.4 is 0 Å². The average molecular weight is 399 g/mol. The maximum Gasteiger partial charge on any atom is 0.338 e. The molecular formula is C25H34O2S. The number of unbranched alkanes of at least 4 members (excludes halogenated alkanes) is 7. The van der Waals surface area contributed by atoms with Gasteiger partial charge < -0.3 is 4.74 Å². The van der Waals surface area contributed by atoms with Crippen LogP contribution in [0.2, 0.25) is 0 Å². The molecule has 0 radical (unpaired) electrons. The molecule has 2 aromatic rings. The van der Waals surface area contributed by atoms with E-state index in [0.717, 1.165) is 5.56 Å². The molecule has 0 aromatic heterocycles. The first-order chi connectivity index (χ1) is 13.7. The Morgan fingerprint density at radius 3 is 1.86 bits per heavy atom. The number of ether oxygens (including phenoxy) is 1. The third-order valence-electron chi connectivity index (χ3n) is 4.85. The quantitative estimate of drug-likeness (QED) is 0.196. The molecule has 2 aromatic carbocycles. The second-order valence-electron chi connectivity index (χ2n) is 7.15. The molecule has 0 unspecified atom stereocenters. The van der Waals surface area contributed by atoms with Crippen LogP contribution in [-0.2, 0) is 4.74 Å². The van der Waals surface area contributed by atoms with Gasteiger partial charge in [0.05, 0.1) is 12.2 Å². The van der Waals surface area contributed by atoms with E-state index >= 15 is 0 Å². The van der Waals surface area contributed by atoms with Gasteiger partial charge in [0.1, 0.15) is 0 Å². The first kappa shape index (κ1) is 22.5. The highest BCUT2D eigenvalue weighted by molar-refractivity contribution is 7.99. The standard InChI is InChI=1S/C25H34O2S/c1-3-5-6-7-8-9-10-11-20-28-24-18-16-22(17-19-24)21-12-14-23(15-13-21)25(26)27-4-2/h12-19H,3-11,20H2,1-2H3. The maximum absolute atomic E-state index is 11.7. The first-order valence-corrected chi connectivity index (χ1v) is 11.7. The Hall–Kier alpha value is -1.74. The number of carbonyl (C=O) groups excluding carboxylic acids is 1. The Labute approximate surface area is 175 Å². The van der Waals surface area contributed by atoms with E-state index in [0.29, 0.717) is 12.2 Å². The zero-order valence-corrected chi connectivity index (χ0v) is 18.2. The van der Waals surface area contributed by atoms with Crippen LogP contribution in [-0.4, -0.2) is 18.3 Å². The van der Waals surface area contributed by atoms with Crippen LogP contribution in [0.15, 0.2) is 53.4 Å². The summed E-state index contributed by atoms with van der Waals surface area (Å²) in [6.07, 6.45) is 11.0. The predicted molar refractivity (Wildman–Crippen MR) is 121 cm³/mol. The van der Waals surface area contributed by atoms with E-state index < -0.39 is 0 Å². The molecule has 0 spiro atoms. The smallest absolute Gasteiger partial charge is 0.338 e. The molecule has 0 saturated heterocycles. The summed E-state index contributed by atoms with van der Waals surface area (Å²) in [5.41, 5.74) is 2.89. The molecule has 0 atom stereocenters. The van der Waals surface area contributed by atoms with Crippen LogP contribution in [0.1, 0.15) is 75.6 Å². The molecule has 2 nitrogen and oxygen atoms in total. The molecule has 0 aliphatic heterocycles. The molecular weight excluding hydrogens is 364 g/mol. The van der Waals surface area contributed by atoms with Crippen molar-refractivity contribution in [3.05, 3.63) is 54.1 Å². The van der Waals surface area contributed by atoms with Crippen LogP contribution in [0.5, 0.6) is 0 Å². The number of esters is 1. The predicted octanol–water partition coefficient (Wildman–Crippen LogP) is 7.76. The van der Waals surface area contributed by atoms with Crippen LogP contribution in [0.25, 0.3) is 11.1 Å². The van der Waals surface area contributed by atoms with Gasteiger partial charge in [-0.2, -0.15) is 0 Å². The minimum absolute atomic E-state index is 0.262. The first-order valence-electron chi connectivity index (χ1n) is 10.7. The van der Waals surface area contributed by atoms with Crippen molar-refractivity contribution in [2.24, 2.45) is 0 Å². The molecule has 0 N–H and O–H groups in total. The second kappa shape index (κ2) is 13.4. The largest absolute Gasteiger partial charge is 0.462 e. The highest BCUT2D eigenvalue weighted by Crippen LogP contribution is 2.25. The molecule has 0 saturated carbocycles. The second-order valence-corrected chi connectivity index (χ2v) is 8.31. The fourth-order valence-corrected chi connectivity index (χ4v) is 4.10. The van der Waals surface area contributed by atoms with Gasteiger partial charge >= 0.3 is 5.97 Å². The van der Waals surface area contributed by atoms with Crippen molar-refractivity contribution in [1.82, 2.24) is 0 Å². The Morgan fingerprint density at radius 1 is 0.750 bits per heavy atom. The van der Waals surface area contributed by atoms with Crippen LogP contribution in [0, 0.1) is 0 Å². The van der Waals surface area contributed by atoms with Crippen molar-refractivity contribution >= 4 is 17.7 Å². The van der Waals surface area contributed by atoms with E-state index in [9.17, 15) is 4.79 Å². The molecule has 28 heavy (non-hydrogen) atoms. The molecule has 0 aliphatic carbocycles. The lowest BCUT2D eigenvalue weighted by Crippen LogP contribution is -2.03. The third kappa shape index (κ3) is 8.10. The number of carbonyl (C=O) groups is 1. The van der Waals surface area contributed by atoms with Crippen molar-refractivity contribution in [3.8, 4) is 11.1 Å². The van der Waals surface area contributed by atoms with Crippen molar-refractivity contribution in [2.75, 3.05) is 12.4 Å². The number of rotatable bonds is 13. The van der Waals surface area contributed by atoms with Gasteiger partial charge in [0, 0.05) is 4.90 Å². The SMILES string of the molecule is CCCCCCCCCCSc1ccc(-c2ccc(C(=O)OCC)cc2)cc1. The van der Waals surface area contributed by atoms with Gasteiger partial charge in [-0.15, -0.1) is 11.8 Å². The maximum atomic E-state index is 11.7. The van der Waals surface area contributed by atoms with Crippen LogP contribution in [0.4, 0.5) is 0 Å². The third-order valence-corrected chi connectivity index (χ3v) is 5.95. The molecule has 0 heterocycles. The number of hydrogen-bond donors (Lipinski definition) is 0. The fraction of sp³-hybridized carbons (Fsp3) is 0.480. The summed E-state index contributed by atoms with van der Waals surface area (Å²) in [7, 11) is 0. The van der Waals surface area contributed by atoms with E-state index in [1.54, 1.807) is 0 Å². The van der Waals surface area contributed by atoms with E-state index in [2.05, 4.69) is 31.2 Å². The lowest BCUT2D eigenvalue weighted by Gasteiger charge is -2.06. The Balaban J connectivity index is 1.71. The normalized spacial score (nSPS) is 10.8. The van der Waals surface area contributed by atoms with E-state index in [4.69, 9.17) is 4.74 Å². The van der Waals surface area contributed by atoms with Crippen LogP contribution >= 0.6 is 11.8 Å². The van der Waals surface area contributed by atoms with Crippen molar-refractivity contribution in [2.45, 2.75) is 70.1 Å². The van der Waals surface area contributed by atoms with Gasteiger partial charge in [-0.05, 0) is 54.5 Å². The topological polar surface area (TPSA) is 26.3 Å². The summed E-state index contributed by atoms with van der Waals surface area (Å²) in [5, 5.41) is 0. The van der Waals surface area contributed by atoms with Gasteiger partial charge in [0.25, 0.3) is 0 Å². The summed E-state index contributed by atoms with van der Waals surface area (Å²) in [6.45, 7) is 4.49. The van der Waals surface area contributed by atoms with Crippen molar-refractivity contribution in [1.29, 1.82) is 0 Å². The summed E-state index contributed by atoms with van der Waals surface area (Å²) < 4.78 is 5.03. The Morgan fingerprint density at radius 2 is 1.29 bits per heavy atom. The monoisotopic (exact) mass is 398 g/mol. The summed E-state index contributed by atoms with van der Waals surface area (Å²) in [4.78, 5) is 13.1. The number of hydrogen-bond acceptors (Lipinski definition) is 3. The summed E-state index contributed by atoms with van der Waals surface area (Å²) in [6, 6.07) is 16.3. The van der Waals surface area contributed by atoms with Crippen molar-refractivity contribution in [3.63, 3.8) is 0 Å². The van der Waals surface area contributed by atoms with Gasteiger partial charge in [-0.25, -0.2) is 4.79 Å². The van der Waals surface area contributed by atoms with Crippen LogP contribution in [0.3, 0.4) is 0 Å². The zero-order valence-electron chi connectivity index (χ0n) is 17.4. The Bertz CT molecular complexity index is 677.